The Bertz CT molecular complexity index is 1350. The third kappa shape index (κ3) is 7.01. The Morgan fingerprint density at radius 2 is 1.86 bits per heavy atom. The van der Waals surface area contributed by atoms with Crippen LogP contribution in [0, 0.1) is 0 Å². The van der Waals surface area contributed by atoms with Crippen molar-refractivity contribution in [3.63, 3.8) is 0 Å². The maximum Gasteiger partial charge on any atom is 0.412 e. The van der Waals surface area contributed by atoms with Gasteiger partial charge >= 0.3 is 6.09 Å². The molecule has 3 N–H and O–H groups in total. The molecule has 0 aliphatic carbocycles. The summed E-state index contributed by atoms with van der Waals surface area (Å²) in [5.41, 5.74) is 3.49. The molecular weight excluding hydrogens is 535 g/mol. The highest BCUT2D eigenvalue weighted by Gasteiger charge is 2.16. The first-order valence-electron chi connectivity index (χ1n) is 11.8. The zero-order valence-electron chi connectivity index (χ0n) is 20.3. The Morgan fingerprint density at radius 1 is 1.14 bits per heavy atom. The van der Waals surface area contributed by atoms with E-state index in [1.807, 2.05) is 46.2 Å². The summed E-state index contributed by atoms with van der Waals surface area (Å²) in [4.78, 5) is 19.3. The number of ether oxygens (including phenoxy) is 1. The minimum absolute atomic E-state index is 0.0191. The van der Waals surface area contributed by atoms with Crippen LogP contribution in [0.2, 0.25) is 10.0 Å². The van der Waals surface area contributed by atoms with Gasteiger partial charge in [-0.05, 0) is 48.9 Å². The molecule has 196 valence electrons. The normalized spacial score (nSPS) is 11.4. The van der Waals surface area contributed by atoms with E-state index in [9.17, 15) is 15.0 Å². The third-order valence-corrected chi connectivity index (χ3v) is 7.14. The second kappa shape index (κ2) is 12.7. The molecule has 0 radical (unpaired) electrons. The van der Waals surface area contributed by atoms with Crippen LogP contribution >= 0.6 is 34.5 Å². The van der Waals surface area contributed by atoms with Crippen molar-refractivity contribution in [3.8, 4) is 16.3 Å². The van der Waals surface area contributed by atoms with Gasteiger partial charge in [0.1, 0.15) is 5.01 Å². The van der Waals surface area contributed by atoms with E-state index < -0.39 is 6.09 Å². The molecule has 0 atom stereocenters. The molecule has 0 bridgehead atoms. The fourth-order valence-electron chi connectivity index (χ4n) is 4.06. The van der Waals surface area contributed by atoms with Crippen molar-refractivity contribution in [2.24, 2.45) is 0 Å². The molecule has 0 aliphatic rings. The molecule has 37 heavy (non-hydrogen) atoms. The first kappa shape index (κ1) is 27.4. The van der Waals surface area contributed by atoms with Crippen LogP contribution in [0.15, 0.2) is 48.0 Å². The van der Waals surface area contributed by atoms with E-state index in [-0.39, 0.29) is 19.8 Å². The van der Waals surface area contributed by atoms with E-state index in [0.717, 1.165) is 39.3 Å². The number of aryl methyl sites for hydroxylation is 1. The number of thiazole rings is 1. The summed E-state index contributed by atoms with van der Waals surface area (Å²) in [5.74, 6) is 0.453. The maximum atomic E-state index is 12.6. The number of aromatic nitrogens is 2. The van der Waals surface area contributed by atoms with Crippen molar-refractivity contribution in [1.29, 1.82) is 0 Å². The van der Waals surface area contributed by atoms with Gasteiger partial charge in [-0.25, -0.2) is 9.78 Å². The first-order valence-corrected chi connectivity index (χ1v) is 13.5. The Labute approximate surface area is 229 Å². The van der Waals surface area contributed by atoms with Gasteiger partial charge in [-0.15, -0.1) is 11.3 Å². The van der Waals surface area contributed by atoms with Gasteiger partial charge in [0, 0.05) is 65.3 Å². The average Bonchev–Trinajstić information content (AvgIpc) is 3.47. The number of nitrogens with zero attached hydrogens (tertiary/aromatic N) is 3. The van der Waals surface area contributed by atoms with Crippen molar-refractivity contribution in [3.05, 3.63) is 69.3 Å². The zero-order chi connectivity index (χ0) is 26.4. The standard InChI is InChI=1S/C26H28Cl2N4O4S/c1-2-32-15-24(36-26(35)29-13-17-9-19(27)12-20(28)10-17)22-11-18(3-4-23(22)32)25-30-21(16-37-25)14-31(5-7-33)6-8-34/h3-4,9-12,15-16,33-34H,2,5-8,13-14H2,1H3,(H,29,35). The van der Waals surface area contributed by atoms with Crippen LogP contribution in [-0.4, -0.2) is 57.1 Å². The number of halogens is 2. The van der Waals surface area contributed by atoms with Gasteiger partial charge in [0.25, 0.3) is 0 Å². The molecule has 0 spiro atoms. The lowest BCUT2D eigenvalue weighted by Crippen LogP contribution is -2.29. The Kier molecular flexibility index (Phi) is 9.42. The smallest absolute Gasteiger partial charge is 0.408 e. The zero-order valence-corrected chi connectivity index (χ0v) is 22.6. The van der Waals surface area contributed by atoms with Gasteiger partial charge in [-0.3, -0.25) is 4.90 Å². The minimum atomic E-state index is -0.582. The number of carbonyl (C=O) groups is 1. The highest BCUT2D eigenvalue weighted by molar-refractivity contribution is 7.13. The highest BCUT2D eigenvalue weighted by atomic mass is 35.5. The lowest BCUT2D eigenvalue weighted by atomic mass is 10.1. The number of hydrogen-bond donors (Lipinski definition) is 3. The number of rotatable bonds is 11. The quantitative estimate of drug-likeness (QED) is 0.233. The predicted octanol–water partition coefficient (Wildman–Crippen LogP) is 5.17. The van der Waals surface area contributed by atoms with Crippen LogP contribution in [0.25, 0.3) is 21.5 Å². The molecule has 0 aliphatic heterocycles. The van der Waals surface area contributed by atoms with Crippen LogP contribution in [0.3, 0.4) is 0 Å². The number of nitrogens with one attached hydrogen (secondary N) is 1. The van der Waals surface area contributed by atoms with E-state index in [1.54, 1.807) is 18.2 Å². The minimum Gasteiger partial charge on any atom is -0.408 e. The van der Waals surface area contributed by atoms with Gasteiger partial charge in [-0.1, -0.05) is 23.2 Å². The Hall–Kier alpha value is -2.66. The number of aliphatic hydroxyl groups is 2. The summed E-state index contributed by atoms with van der Waals surface area (Å²) >= 11 is 13.6. The maximum absolute atomic E-state index is 12.6. The molecule has 0 unspecified atom stereocenters. The summed E-state index contributed by atoms with van der Waals surface area (Å²) < 4.78 is 7.71. The summed E-state index contributed by atoms with van der Waals surface area (Å²) in [6, 6.07) is 11.1. The summed E-state index contributed by atoms with van der Waals surface area (Å²) in [5, 5.41) is 25.9. The van der Waals surface area contributed by atoms with E-state index in [2.05, 4.69) is 5.32 Å². The first-order chi connectivity index (χ1) is 17.9. The van der Waals surface area contributed by atoms with E-state index in [0.29, 0.717) is 35.4 Å². The van der Waals surface area contributed by atoms with Crippen LogP contribution in [0.4, 0.5) is 4.79 Å². The lowest BCUT2D eigenvalue weighted by molar-refractivity contribution is 0.155. The molecule has 0 saturated carbocycles. The summed E-state index contributed by atoms with van der Waals surface area (Å²) in [6.45, 7) is 4.48. The van der Waals surface area contributed by atoms with E-state index in [4.69, 9.17) is 32.9 Å². The number of amides is 1. The number of fused-ring (bicyclic) bond motifs is 1. The van der Waals surface area contributed by atoms with Crippen LogP contribution in [-0.2, 0) is 19.6 Å². The van der Waals surface area contributed by atoms with E-state index >= 15 is 0 Å². The average molecular weight is 564 g/mol. The Balaban J connectivity index is 1.52. The molecule has 2 heterocycles. The van der Waals surface area contributed by atoms with Gasteiger partial charge in [0.05, 0.1) is 24.4 Å². The van der Waals surface area contributed by atoms with Crippen molar-refractivity contribution < 1.29 is 19.7 Å². The predicted molar refractivity (Wildman–Crippen MR) is 147 cm³/mol. The molecule has 1 amide bonds. The van der Waals surface area contributed by atoms with Crippen molar-refractivity contribution in [1.82, 2.24) is 19.8 Å². The lowest BCUT2D eigenvalue weighted by Gasteiger charge is -2.18. The van der Waals surface area contributed by atoms with Gasteiger partial charge in [-0.2, -0.15) is 0 Å². The number of benzene rings is 2. The topological polar surface area (TPSA) is 99.9 Å². The fourth-order valence-corrected chi connectivity index (χ4v) is 5.44. The van der Waals surface area contributed by atoms with Crippen LogP contribution in [0.5, 0.6) is 5.75 Å². The second-order valence-corrected chi connectivity index (χ2v) is 10.1. The molecule has 8 nitrogen and oxygen atoms in total. The molecule has 0 fully saturated rings. The van der Waals surface area contributed by atoms with Crippen LogP contribution < -0.4 is 10.1 Å². The fraction of sp³-hybridized carbons (Fsp3) is 0.308. The van der Waals surface area contributed by atoms with E-state index in [1.165, 1.54) is 11.3 Å². The molecular formula is C26H28Cl2N4O4S. The van der Waals surface area contributed by atoms with Crippen molar-refractivity contribution in [2.45, 2.75) is 26.6 Å². The SMILES string of the molecule is CCn1cc(OC(=O)NCc2cc(Cl)cc(Cl)c2)c2cc(-c3nc(CN(CCO)CCO)cs3)ccc21. The molecule has 4 aromatic rings. The third-order valence-electron chi connectivity index (χ3n) is 5.76. The molecule has 2 aromatic carbocycles. The summed E-state index contributed by atoms with van der Waals surface area (Å²) in [7, 11) is 0. The van der Waals surface area contributed by atoms with Crippen molar-refractivity contribution >= 4 is 51.5 Å². The molecule has 2 aromatic heterocycles. The largest absolute Gasteiger partial charge is 0.412 e. The van der Waals surface area contributed by atoms with Crippen LogP contribution in [0.1, 0.15) is 18.2 Å². The van der Waals surface area contributed by atoms with Gasteiger partial charge < -0.3 is 24.8 Å². The van der Waals surface area contributed by atoms with Gasteiger partial charge in [0.2, 0.25) is 0 Å². The second-order valence-electron chi connectivity index (χ2n) is 8.40. The number of aliphatic hydroxyl groups excluding tert-OH is 2. The number of hydrogen-bond acceptors (Lipinski definition) is 7. The summed E-state index contributed by atoms with van der Waals surface area (Å²) in [6.07, 6.45) is 1.24. The molecule has 0 saturated heterocycles. The van der Waals surface area contributed by atoms with Gasteiger partial charge in [0.15, 0.2) is 5.75 Å². The Morgan fingerprint density at radius 3 is 2.54 bits per heavy atom. The number of carbonyl (C=O) groups excluding carboxylic acids is 1. The van der Waals surface area contributed by atoms with Crippen molar-refractivity contribution in [2.75, 3.05) is 26.3 Å². The molecule has 11 heteroatoms. The highest BCUT2D eigenvalue weighted by Crippen LogP contribution is 2.34. The molecule has 4 rings (SSSR count). The monoisotopic (exact) mass is 562 g/mol.